The summed E-state index contributed by atoms with van der Waals surface area (Å²) in [6.07, 6.45) is 3.00. The molecule has 0 N–H and O–H groups in total. The smallest absolute Gasteiger partial charge is 0.331 e. The van der Waals surface area contributed by atoms with Crippen LogP contribution in [0.15, 0.2) is 47.9 Å². The van der Waals surface area contributed by atoms with Gasteiger partial charge in [0.15, 0.2) is 6.61 Å². The average Bonchev–Trinajstić information content (AvgIpc) is 3.05. The van der Waals surface area contributed by atoms with Gasteiger partial charge >= 0.3 is 5.97 Å². The van der Waals surface area contributed by atoms with Crippen molar-refractivity contribution >= 4 is 29.3 Å². The second kappa shape index (κ2) is 8.29. The third-order valence-corrected chi connectivity index (χ3v) is 4.09. The van der Waals surface area contributed by atoms with Crippen LogP contribution in [0.2, 0.25) is 0 Å². The molecule has 0 aliphatic rings. The summed E-state index contributed by atoms with van der Waals surface area (Å²) in [6.45, 7) is 2.27. The van der Waals surface area contributed by atoms with Crippen molar-refractivity contribution in [3.8, 4) is 0 Å². The lowest BCUT2D eigenvalue weighted by molar-refractivity contribution is -0.147. The van der Waals surface area contributed by atoms with Gasteiger partial charge in [0, 0.05) is 18.0 Å². The molecule has 1 amide bonds. The predicted octanol–water partition coefficient (Wildman–Crippen LogP) is 3.27. The van der Waals surface area contributed by atoms with Crippen molar-refractivity contribution < 1.29 is 14.3 Å². The van der Waals surface area contributed by atoms with Crippen LogP contribution in [0.5, 0.6) is 0 Å². The fourth-order valence-corrected chi connectivity index (χ4v) is 2.61. The lowest BCUT2D eigenvalue weighted by Gasteiger charge is -2.15. The van der Waals surface area contributed by atoms with Crippen LogP contribution in [-0.2, 0) is 20.9 Å². The van der Waals surface area contributed by atoms with E-state index in [2.05, 4.69) is 0 Å². The molecule has 23 heavy (non-hydrogen) atoms. The highest BCUT2D eigenvalue weighted by Crippen LogP contribution is 2.11. The van der Waals surface area contributed by atoms with Crippen LogP contribution in [0.4, 0.5) is 0 Å². The van der Waals surface area contributed by atoms with Gasteiger partial charge in [-0.05, 0) is 30.0 Å². The number of hydrogen-bond donors (Lipinski definition) is 0. The first-order chi connectivity index (χ1) is 11.0. The van der Waals surface area contributed by atoms with Crippen LogP contribution in [0, 0.1) is 6.92 Å². The molecule has 0 saturated carbocycles. The first-order valence-electron chi connectivity index (χ1n) is 7.22. The van der Waals surface area contributed by atoms with Gasteiger partial charge in [-0.1, -0.05) is 35.9 Å². The monoisotopic (exact) mass is 329 g/mol. The highest BCUT2D eigenvalue weighted by atomic mass is 32.1. The van der Waals surface area contributed by atoms with Gasteiger partial charge in [-0.3, -0.25) is 4.79 Å². The minimum absolute atomic E-state index is 0.226. The standard InChI is InChI=1S/C18H19NO3S/c1-14-5-7-15(8-6-14)9-10-18(21)22-13-17(20)19(2)12-16-4-3-11-23-16/h3-11H,12-13H2,1-2H3/b10-9+. The SMILES string of the molecule is Cc1ccc(/C=C/C(=O)OCC(=O)N(C)Cc2cccs2)cc1. The molecule has 0 bridgehead atoms. The Morgan fingerprint density at radius 2 is 1.96 bits per heavy atom. The topological polar surface area (TPSA) is 46.6 Å². The van der Waals surface area contributed by atoms with Crippen molar-refractivity contribution in [2.75, 3.05) is 13.7 Å². The number of likely N-dealkylation sites (N-methyl/N-ethyl adjacent to an activating group) is 1. The molecule has 120 valence electrons. The van der Waals surface area contributed by atoms with Gasteiger partial charge in [-0.2, -0.15) is 0 Å². The molecule has 0 aliphatic carbocycles. The summed E-state index contributed by atoms with van der Waals surface area (Å²) in [4.78, 5) is 26.2. The quantitative estimate of drug-likeness (QED) is 0.603. The van der Waals surface area contributed by atoms with E-state index in [0.717, 1.165) is 16.0 Å². The number of benzene rings is 1. The van der Waals surface area contributed by atoms with Crippen molar-refractivity contribution in [1.82, 2.24) is 4.90 Å². The number of thiophene rings is 1. The Morgan fingerprint density at radius 3 is 2.61 bits per heavy atom. The Morgan fingerprint density at radius 1 is 1.22 bits per heavy atom. The number of aryl methyl sites for hydroxylation is 1. The molecule has 0 unspecified atom stereocenters. The largest absolute Gasteiger partial charge is 0.452 e. The van der Waals surface area contributed by atoms with Crippen LogP contribution in [0.25, 0.3) is 6.08 Å². The van der Waals surface area contributed by atoms with Crippen LogP contribution >= 0.6 is 11.3 Å². The number of ether oxygens (including phenoxy) is 1. The Kier molecular flexibility index (Phi) is 6.11. The van der Waals surface area contributed by atoms with Crippen molar-refractivity contribution in [2.45, 2.75) is 13.5 Å². The average molecular weight is 329 g/mol. The van der Waals surface area contributed by atoms with Crippen molar-refractivity contribution in [2.24, 2.45) is 0 Å². The van der Waals surface area contributed by atoms with Crippen LogP contribution in [-0.4, -0.2) is 30.4 Å². The number of carbonyl (C=O) groups excluding carboxylic acids is 2. The van der Waals surface area contributed by atoms with E-state index in [9.17, 15) is 9.59 Å². The molecule has 5 heteroatoms. The third-order valence-electron chi connectivity index (χ3n) is 3.23. The van der Waals surface area contributed by atoms with Crippen molar-refractivity contribution in [3.05, 3.63) is 63.9 Å². The van der Waals surface area contributed by atoms with E-state index >= 15 is 0 Å². The Hall–Kier alpha value is -2.40. The number of amides is 1. The maximum atomic E-state index is 11.9. The Balaban J connectivity index is 1.77. The maximum Gasteiger partial charge on any atom is 0.331 e. The molecule has 4 nitrogen and oxygen atoms in total. The molecule has 0 aliphatic heterocycles. The lowest BCUT2D eigenvalue weighted by atomic mass is 10.1. The minimum atomic E-state index is -0.525. The molecular weight excluding hydrogens is 310 g/mol. The highest BCUT2D eigenvalue weighted by molar-refractivity contribution is 7.09. The summed E-state index contributed by atoms with van der Waals surface area (Å²) >= 11 is 1.59. The first kappa shape index (κ1) is 17.0. The second-order valence-electron chi connectivity index (χ2n) is 5.18. The third kappa shape index (κ3) is 5.71. The van der Waals surface area contributed by atoms with E-state index in [0.29, 0.717) is 6.54 Å². The zero-order valence-electron chi connectivity index (χ0n) is 13.2. The van der Waals surface area contributed by atoms with E-state index in [1.165, 1.54) is 6.08 Å². The Labute approximate surface area is 140 Å². The molecule has 0 atom stereocenters. The molecule has 0 saturated heterocycles. The molecule has 1 aromatic carbocycles. The van der Waals surface area contributed by atoms with Crippen LogP contribution in [0.3, 0.4) is 0 Å². The van der Waals surface area contributed by atoms with Gasteiger partial charge in [0.2, 0.25) is 0 Å². The summed E-state index contributed by atoms with van der Waals surface area (Å²) in [5.74, 6) is -0.751. The maximum absolute atomic E-state index is 11.9. The number of nitrogens with zero attached hydrogens (tertiary/aromatic N) is 1. The zero-order chi connectivity index (χ0) is 16.7. The zero-order valence-corrected chi connectivity index (χ0v) is 14.0. The van der Waals surface area contributed by atoms with Gasteiger partial charge < -0.3 is 9.64 Å². The van der Waals surface area contributed by atoms with Crippen LogP contribution < -0.4 is 0 Å². The first-order valence-corrected chi connectivity index (χ1v) is 8.10. The molecule has 2 rings (SSSR count). The molecule has 1 aromatic heterocycles. The van der Waals surface area contributed by atoms with Gasteiger partial charge in [-0.15, -0.1) is 11.3 Å². The predicted molar refractivity (Wildman–Crippen MR) is 92.0 cm³/mol. The summed E-state index contributed by atoms with van der Waals surface area (Å²) in [5, 5.41) is 1.96. The summed E-state index contributed by atoms with van der Waals surface area (Å²) in [7, 11) is 1.69. The highest BCUT2D eigenvalue weighted by Gasteiger charge is 2.11. The van der Waals surface area contributed by atoms with Crippen LogP contribution in [0.1, 0.15) is 16.0 Å². The van der Waals surface area contributed by atoms with Gasteiger partial charge in [0.1, 0.15) is 0 Å². The van der Waals surface area contributed by atoms with E-state index in [4.69, 9.17) is 4.74 Å². The summed E-state index contributed by atoms with van der Waals surface area (Å²) in [5.41, 5.74) is 2.07. The summed E-state index contributed by atoms with van der Waals surface area (Å²) in [6, 6.07) is 11.7. The fraction of sp³-hybridized carbons (Fsp3) is 0.222. The number of carbonyl (C=O) groups is 2. The second-order valence-corrected chi connectivity index (χ2v) is 6.21. The minimum Gasteiger partial charge on any atom is -0.452 e. The molecule has 0 spiro atoms. The van der Waals surface area contributed by atoms with E-state index in [1.807, 2.05) is 48.7 Å². The molecule has 0 radical (unpaired) electrons. The van der Waals surface area contributed by atoms with E-state index < -0.39 is 5.97 Å². The van der Waals surface area contributed by atoms with E-state index in [1.54, 1.807) is 29.4 Å². The lowest BCUT2D eigenvalue weighted by Crippen LogP contribution is -2.30. The van der Waals surface area contributed by atoms with Gasteiger partial charge in [0.05, 0.1) is 6.54 Å². The molecule has 0 fully saturated rings. The molecule has 2 aromatic rings. The molecule has 1 heterocycles. The summed E-state index contributed by atoms with van der Waals surface area (Å²) < 4.78 is 4.98. The fourth-order valence-electron chi connectivity index (χ4n) is 1.86. The molecular formula is C18H19NO3S. The van der Waals surface area contributed by atoms with E-state index in [-0.39, 0.29) is 12.5 Å². The normalized spacial score (nSPS) is 10.7. The van der Waals surface area contributed by atoms with Gasteiger partial charge in [0.25, 0.3) is 5.91 Å². The van der Waals surface area contributed by atoms with Crippen molar-refractivity contribution in [3.63, 3.8) is 0 Å². The number of rotatable bonds is 6. The van der Waals surface area contributed by atoms with Crippen molar-refractivity contribution in [1.29, 1.82) is 0 Å². The number of esters is 1. The van der Waals surface area contributed by atoms with Gasteiger partial charge in [-0.25, -0.2) is 4.79 Å². The number of hydrogen-bond acceptors (Lipinski definition) is 4. The Bertz CT molecular complexity index is 675.